The van der Waals surface area contributed by atoms with E-state index in [4.69, 9.17) is 4.74 Å². The normalized spacial score (nSPS) is 10.2. The molecule has 0 heterocycles. The molecule has 21 heavy (non-hydrogen) atoms. The highest BCUT2D eigenvalue weighted by atomic mass is 79.9. The van der Waals surface area contributed by atoms with Crippen LogP contribution in [-0.2, 0) is 11.3 Å². The van der Waals surface area contributed by atoms with Crippen LogP contribution >= 0.6 is 15.9 Å². The number of amides is 1. The molecule has 110 valence electrons. The van der Waals surface area contributed by atoms with Gasteiger partial charge in [-0.15, -0.1) is 0 Å². The zero-order chi connectivity index (χ0) is 15.2. The first-order valence-corrected chi connectivity index (χ1v) is 7.52. The van der Waals surface area contributed by atoms with Gasteiger partial charge in [-0.3, -0.25) is 4.79 Å². The Hall–Kier alpha value is -1.81. The summed E-state index contributed by atoms with van der Waals surface area (Å²) in [6.07, 6.45) is 0. The molecule has 0 aliphatic rings. The van der Waals surface area contributed by atoms with E-state index in [2.05, 4.69) is 15.9 Å². The van der Waals surface area contributed by atoms with Gasteiger partial charge in [-0.1, -0.05) is 46.3 Å². The number of aryl methyl sites for hydroxylation is 1. The van der Waals surface area contributed by atoms with Gasteiger partial charge in [-0.05, 0) is 36.2 Å². The topological polar surface area (TPSA) is 29.5 Å². The summed E-state index contributed by atoms with van der Waals surface area (Å²) in [6, 6.07) is 15.6. The van der Waals surface area contributed by atoms with Crippen molar-refractivity contribution in [2.45, 2.75) is 13.5 Å². The predicted octanol–water partition coefficient (Wildman–Crippen LogP) is 3.79. The van der Waals surface area contributed by atoms with Crippen molar-refractivity contribution in [3.05, 3.63) is 64.1 Å². The first-order chi connectivity index (χ1) is 10.1. The van der Waals surface area contributed by atoms with Gasteiger partial charge in [0.1, 0.15) is 5.75 Å². The highest BCUT2D eigenvalue weighted by molar-refractivity contribution is 9.10. The molecule has 2 aromatic carbocycles. The average Bonchev–Trinajstić information content (AvgIpc) is 2.47. The smallest absolute Gasteiger partial charge is 0.260 e. The standard InChI is InChI=1S/C17H18BrNO2/c1-13-6-5-8-15(10-13)21-12-17(20)19(2)11-14-7-3-4-9-16(14)18/h3-10H,11-12H2,1-2H3. The monoisotopic (exact) mass is 347 g/mol. The third-order valence-corrected chi connectivity index (χ3v) is 3.92. The summed E-state index contributed by atoms with van der Waals surface area (Å²) in [6.45, 7) is 2.59. The molecule has 0 aliphatic heterocycles. The number of nitrogens with zero attached hydrogens (tertiary/aromatic N) is 1. The third kappa shape index (κ3) is 4.60. The summed E-state index contributed by atoms with van der Waals surface area (Å²) in [5, 5.41) is 0. The first-order valence-electron chi connectivity index (χ1n) is 6.73. The lowest BCUT2D eigenvalue weighted by Crippen LogP contribution is -2.31. The fraction of sp³-hybridized carbons (Fsp3) is 0.235. The van der Waals surface area contributed by atoms with Crippen LogP contribution in [0.4, 0.5) is 0 Å². The van der Waals surface area contributed by atoms with Crippen molar-refractivity contribution in [3.8, 4) is 5.75 Å². The van der Waals surface area contributed by atoms with Crippen LogP contribution in [0.5, 0.6) is 5.75 Å². The number of benzene rings is 2. The molecule has 0 N–H and O–H groups in total. The highest BCUT2D eigenvalue weighted by Gasteiger charge is 2.11. The molecule has 0 saturated heterocycles. The van der Waals surface area contributed by atoms with Crippen molar-refractivity contribution < 1.29 is 9.53 Å². The quantitative estimate of drug-likeness (QED) is 0.823. The first kappa shape index (κ1) is 15.6. The maximum Gasteiger partial charge on any atom is 0.260 e. The Balaban J connectivity index is 1.90. The minimum Gasteiger partial charge on any atom is -0.484 e. The van der Waals surface area contributed by atoms with Gasteiger partial charge in [0, 0.05) is 18.1 Å². The summed E-state index contributed by atoms with van der Waals surface area (Å²) in [5.41, 5.74) is 2.19. The van der Waals surface area contributed by atoms with Gasteiger partial charge in [0.05, 0.1) is 0 Å². The predicted molar refractivity (Wildman–Crippen MR) is 87.3 cm³/mol. The Morgan fingerprint density at radius 2 is 1.95 bits per heavy atom. The molecule has 0 radical (unpaired) electrons. The average molecular weight is 348 g/mol. The van der Waals surface area contributed by atoms with E-state index < -0.39 is 0 Å². The lowest BCUT2D eigenvalue weighted by atomic mass is 10.2. The Labute approximate surface area is 133 Å². The van der Waals surface area contributed by atoms with Crippen LogP contribution < -0.4 is 4.74 Å². The van der Waals surface area contributed by atoms with E-state index in [0.717, 1.165) is 21.3 Å². The number of hydrogen-bond acceptors (Lipinski definition) is 2. The number of carbonyl (C=O) groups is 1. The number of ether oxygens (including phenoxy) is 1. The second-order valence-electron chi connectivity index (χ2n) is 4.95. The highest BCUT2D eigenvalue weighted by Crippen LogP contribution is 2.17. The van der Waals surface area contributed by atoms with E-state index in [1.165, 1.54) is 0 Å². The summed E-state index contributed by atoms with van der Waals surface area (Å²) in [7, 11) is 1.78. The van der Waals surface area contributed by atoms with E-state index in [0.29, 0.717) is 6.54 Å². The Bertz CT molecular complexity index is 628. The second kappa shape index (κ2) is 7.27. The summed E-state index contributed by atoms with van der Waals surface area (Å²) >= 11 is 3.49. The molecule has 0 unspecified atom stereocenters. The van der Waals surface area contributed by atoms with E-state index >= 15 is 0 Å². The van der Waals surface area contributed by atoms with Crippen molar-refractivity contribution in [2.24, 2.45) is 0 Å². The lowest BCUT2D eigenvalue weighted by Gasteiger charge is -2.18. The Morgan fingerprint density at radius 1 is 1.19 bits per heavy atom. The van der Waals surface area contributed by atoms with Crippen molar-refractivity contribution in [2.75, 3.05) is 13.7 Å². The molecule has 3 nitrogen and oxygen atoms in total. The zero-order valence-corrected chi connectivity index (χ0v) is 13.8. The van der Waals surface area contributed by atoms with Crippen LogP contribution in [0.2, 0.25) is 0 Å². The van der Waals surface area contributed by atoms with Crippen LogP contribution in [0.25, 0.3) is 0 Å². The van der Waals surface area contributed by atoms with Crippen LogP contribution in [0.15, 0.2) is 53.0 Å². The number of likely N-dealkylation sites (N-methyl/N-ethyl adjacent to an activating group) is 1. The summed E-state index contributed by atoms with van der Waals surface area (Å²) in [5.74, 6) is 0.671. The van der Waals surface area contributed by atoms with Crippen LogP contribution in [0.3, 0.4) is 0 Å². The number of carbonyl (C=O) groups excluding carboxylic acids is 1. The Morgan fingerprint density at radius 3 is 2.67 bits per heavy atom. The molecule has 1 amide bonds. The van der Waals surface area contributed by atoms with Crippen molar-refractivity contribution >= 4 is 21.8 Å². The van der Waals surface area contributed by atoms with Crippen molar-refractivity contribution in [1.82, 2.24) is 4.90 Å². The molecule has 2 rings (SSSR count). The maximum absolute atomic E-state index is 12.1. The zero-order valence-electron chi connectivity index (χ0n) is 12.2. The molecular formula is C17H18BrNO2. The minimum absolute atomic E-state index is 0.0460. The molecule has 2 aromatic rings. The molecule has 0 aliphatic carbocycles. The van der Waals surface area contributed by atoms with Crippen LogP contribution in [-0.4, -0.2) is 24.5 Å². The van der Waals surface area contributed by atoms with Gasteiger partial charge in [-0.2, -0.15) is 0 Å². The number of hydrogen-bond donors (Lipinski definition) is 0. The fourth-order valence-electron chi connectivity index (χ4n) is 1.93. The third-order valence-electron chi connectivity index (χ3n) is 3.14. The van der Waals surface area contributed by atoms with E-state index in [1.807, 2.05) is 55.5 Å². The molecule has 0 spiro atoms. The molecule has 0 fully saturated rings. The fourth-order valence-corrected chi connectivity index (χ4v) is 2.34. The van der Waals surface area contributed by atoms with E-state index in [1.54, 1.807) is 11.9 Å². The largest absolute Gasteiger partial charge is 0.484 e. The number of rotatable bonds is 5. The van der Waals surface area contributed by atoms with E-state index in [9.17, 15) is 4.79 Å². The van der Waals surface area contributed by atoms with Gasteiger partial charge in [0.25, 0.3) is 5.91 Å². The molecule has 0 saturated carbocycles. The maximum atomic E-state index is 12.1. The van der Waals surface area contributed by atoms with Gasteiger partial charge in [0.2, 0.25) is 0 Å². The van der Waals surface area contributed by atoms with Crippen molar-refractivity contribution in [1.29, 1.82) is 0 Å². The second-order valence-corrected chi connectivity index (χ2v) is 5.80. The van der Waals surface area contributed by atoms with Gasteiger partial charge < -0.3 is 9.64 Å². The van der Waals surface area contributed by atoms with E-state index in [-0.39, 0.29) is 12.5 Å². The molecule has 0 bridgehead atoms. The molecular weight excluding hydrogens is 330 g/mol. The SMILES string of the molecule is Cc1cccc(OCC(=O)N(C)Cc2ccccc2Br)c1. The van der Waals surface area contributed by atoms with Gasteiger partial charge in [0.15, 0.2) is 6.61 Å². The van der Waals surface area contributed by atoms with Gasteiger partial charge >= 0.3 is 0 Å². The van der Waals surface area contributed by atoms with Crippen molar-refractivity contribution in [3.63, 3.8) is 0 Å². The summed E-state index contributed by atoms with van der Waals surface area (Å²) in [4.78, 5) is 13.8. The van der Waals surface area contributed by atoms with Crippen LogP contribution in [0.1, 0.15) is 11.1 Å². The molecule has 0 aromatic heterocycles. The minimum atomic E-state index is -0.0488. The number of halogens is 1. The molecule has 0 atom stereocenters. The molecule has 4 heteroatoms. The van der Waals surface area contributed by atoms with Crippen LogP contribution in [0, 0.1) is 6.92 Å². The Kier molecular flexibility index (Phi) is 5.39. The van der Waals surface area contributed by atoms with Gasteiger partial charge in [-0.25, -0.2) is 0 Å². The lowest BCUT2D eigenvalue weighted by molar-refractivity contribution is -0.132. The summed E-state index contributed by atoms with van der Waals surface area (Å²) < 4.78 is 6.54.